The van der Waals surface area contributed by atoms with Gasteiger partial charge in [0.2, 0.25) is 0 Å². The molecule has 142 valence electrons. The lowest BCUT2D eigenvalue weighted by molar-refractivity contribution is 0.355. The Kier molecular flexibility index (Phi) is 4.79. The molecule has 0 aliphatic rings. The van der Waals surface area contributed by atoms with Crippen LogP contribution in [0.3, 0.4) is 0 Å². The molecule has 0 bridgehead atoms. The zero-order valence-electron chi connectivity index (χ0n) is 15.7. The largest absolute Gasteiger partial charge is 0.493 e. The summed E-state index contributed by atoms with van der Waals surface area (Å²) in [6.07, 6.45) is 5.31. The van der Waals surface area contributed by atoms with Crippen molar-refractivity contribution in [2.24, 2.45) is 0 Å². The second-order valence-electron chi connectivity index (χ2n) is 6.27. The number of aryl methyl sites for hydroxylation is 1. The zero-order valence-corrected chi connectivity index (χ0v) is 16.5. The molecule has 2 aromatic carbocycles. The molecule has 2 heterocycles. The van der Waals surface area contributed by atoms with E-state index in [1.807, 2.05) is 53.9 Å². The molecule has 0 aliphatic heterocycles. The van der Waals surface area contributed by atoms with Crippen LogP contribution in [0.4, 0.5) is 11.5 Å². The molecule has 7 heteroatoms. The van der Waals surface area contributed by atoms with Crippen molar-refractivity contribution >= 4 is 28.8 Å². The summed E-state index contributed by atoms with van der Waals surface area (Å²) in [7, 11) is 3.23. The molecule has 4 aromatic rings. The molecular weight excluding hydrogens is 376 g/mol. The number of nitrogens with one attached hydrogen (secondary N) is 1. The maximum Gasteiger partial charge on any atom is 0.161 e. The number of methoxy groups -OCH3 is 2. The summed E-state index contributed by atoms with van der Waals surface area (Å²) in [6.45, 7) is 1.97. The van der Waals surface area contributed by atoms with Crippen LogP contribution in [0, 0.1) is 6.92 Å². The average Bonchev–Trinajstić information content (AvgIpc) is 3.08. The van der Waals surface area contributed by atoms with Crippen LogP contribution in [0.25, 0.3) is 16.9 Å². The van der Waals surface area contributed by atoms with Crippen molar-refractivity contribution in [2.75, 3.05) is 19.5 Å². The van der Waals surface area contributed by atoms with E-state index in [1.54, 1.807) is 26.6 Å². The average molecular weight is 395 g/mol. The first-order chi connectivity index (χ1) is 13.6. The number of benzene rings is 2. The van der Waals surface area contributed by atoms with Gasteiger partial charge in [0.25, 0.3) is 0 Å². The molecule has 0 saturated carbocycles. The van der Waals surface area contributed by atoms with Crippen LogP contribution in [0.1, 0.15) is 5.56 Å². The van der Waals surface area contributed by atoms with Crippen LogP contribution in [0.5, 0.6) is 11.5 Å². The maximum atomic E-state index is 6.30. The van der Waals surface area contributed by atoms with Crippen LogP contribution in [0.2, 0.25) is 5.02 Å². The van der Waals surface area contributed by atoms with E-state index in [9.17, 15) is 0 Å². The fourth-order valence-electron chi connectivity index (χ4n) is 3.02. The molecule has 0 saturated heterocycles. The number of ether oxygens (including phenoxy) is 2. The molecule has 4 rings (SSSR count). The Balaban J connectivity index is 1.87. The number of hydrogen-bond donors (Lipinski definition) is 1. The molecule has 0 atom stereocenters. The van der Waals surface area contributed by atoms with Gasteiger partial charge in [0, 0.05) is 28.7 Å². The molecule has 0 aliphatic carbocycles. The van der Waals surface area contributed by atoms with E-state index in [0.29, 0.717) is 16.5 Å². The zero-order chi connectivity index (χ0) is 19.7. The van der Waals surface area contributed by atoms with Gasteiger partial charge in [0.15, 0.2) is 17.1 Å². The summed E-state index contributed by atoms with van der Waals surface area (Å²) in [4.78, 5) is 8.94. The molecule has 2 aromatic heterocycles. The first-order valence-corrected chi connectivity index (χ1v) is 9.06. The molecule has 0 unspecified atom stereocenters. The summed E-state index contributed by atoms with van der Waals surface area (Å²) < 4.78 is 12.7. The lowest BCUT2D eigenvalue weighted by atomic mass is 10.1. The molecule has 0 amide bonds. The first kappa shape index (κ1) is 18.1. The van der Waals surface area contributed by atoms with Crippen LogP contribution in [-0.4, -0.2) is 28.6 Å². The highest BCUT2D eigenvalue weighted by Gasteiger charge is 2.17. The van der Waals surface area contributed by atoms with Gasteiger partial charge in [0.05, 0.1) is 20.4 Å². The van der Waals surface area contributed by atoms with Crippen molar-refractivity contribution in [2.45, 2.75) is 6.92 Å². The van der Waals surface area contributed by atoms with E-state index in [2.05, 4.69) is 10.3 Å². The third-order valence-electron chi connectivity index (χ3n) is 4.52. The molecule has 28 heavy (non-hydrogen) atoms. The minimum absolute atomic E-state index is 0.638. The van der Waals surface area contributed by atoms with Crippen molar-refractivity contribution in [3.05, 3.63) is 65.6 Å². The van der Waals surface area contributed by atoms with E-state index in [1.165, 1.54) is 0 Å². The van der Waals surface area contributed by atoms with Crippen molar-refractivity contribution in [1.82, 2.24) is 14.4 Å². The molecular formula is C21H19ClN4O2. The molecule has 0 radical (unpaired) electrons. The second kappa shape index (κ2) is 7.40. The van der Waals surface area contributed by atoms with Crippen LogP contribution < -0.4 is 14.8 Å². The van der Waals surface area contributed by atoms with Gasteiger partial charge in [-0.25, -0.2) is 4.98 Å². The number of aromatic nitrogens is 3. The Bertz CT molecular complexity index is 1160. The number of nitrogens with zero attached hydrogens (tertiary/aromatic N) is 3. The lowest BCUT2D eigenvalue weighted by Gasteiger charge is -2.12. The Morgan fingerprint density at radius 1 is 1.04 bits per heavy atom. The number of hydrogen-bond acceptors (Lipinski definition) is 5. The Morgan fingerprint density at radius 2 is 1.86 bits per heavy atom. The second-order valence-corrected chi connectivity index (χ2v) is 6.68. The quantitative estimate of drug-likeness (QED) is 0.509. The monoisotopic (exact) mass is 394 g/mol. The SMILES string of the molecule is COc1ccc(-c2nc3cnccn3c2Nc2ccc(C)c(Cl)c2)cc1OC. The number of halogens is 1. The van der Waals surface area contributed by atoms with E-state index >= 15 is 0 Å². The van der Waals surface area contributed by atoms with Crippen LogP contribution >= 0.6 is 11.6 Å². The summed E-state index contributed by atoms with van der Waals surface area (Å²) in [5.74, 6) is 2.11. The molecule has 0 spiro atoms. The van der Waals surface area contributed by atoms with Gasteiger partial charge in [-0.05, 0) is 42.8 Å². The van der Waals surface area contributed by atoms with Gasteiger partial charge >= 0.3 is 0 Å². The number of rotatable bonds is 5. The highest BCUT2D eigenvalue weighted by molar-refractivity contribution is 6.31. The third-order valence-corrected chi connectivity index (χ3v) is 4.93. The van der Waals surface area contributed by atoms with Crippen LogP contribution in [-0.2, 0) is 0 Å². The van der Waals surface area contributed by atoms with E-state index in [-0.39, 0.29) is 0 Å². The number of anilines is 2. The minimum Gasteiger partial charge on any atom is -0.493 e. The predicted octanol–water partition coefficient (Wildman–Crippen LogP) is 5.12. The normalized spacial score (nSPS) is 10.9. The Labute approximate surface area is 167 Å². The smallest absolute Gasteiger partial charge is 0.161 e. The number of imidazole rings is 1. The topological polar surface area (TPSA) is 60.7 Å². The van der Waals surface area contributed by atoms with Gasteiger partial charge in [-0.3, -0.25) is 9.38 Å². The summed E-state index contributed by atoms with van der Waals surface area (Å²) in [5, 5.41) is 4.15. The van der Waals surface area contributed by atoms with E-state index < -0.39 is 0 Å². The van der Waals surface area contributed by atoms with E-state index in [0.717, 1.165) is 34.0 Å². The first-order valence-electron chi connectivity index (χ1n) is 8.68. The van der Waals surface area contributed by atoms with Gasteiger partial charge in [-0.2, -0.15) is 0 Å². The molecule has 0 fully saturated rings. The van der Waals surface area contributed by atoms with Crippen molar-refractivity contribution in [3.8, 4) is 22.8 Å². The van der Waals surface area contributed by atoms with E-state index in [4.69, 9.17) is 26.1 Å². The van der Waals surface area contributed by atoms with Gasteiger partial charge in [-0.15, -0.1) is 0 Å². The highest BCUT2D eigenvalue weighted by atomic mass is 35.5. The Morgan fingerprint density at radius 3 is 2.61 bits per heavy atom. The lowest BCUT2D eigenvalue weighted by Crippen LogP contribution is -1.98. The summed E-state index contributed by atoms with van der Waals surface area (Å²) in [6, 6.07) is 11.6. The van der Waals surface area contributed by atoms with Gasteiger partial charge in [-0.1, -0.05) is 17.7 Å². The molecule has 6 nitrogen and oxygen atoms in total. The fraction of sp³-hybridized carbons (Fsp3) is 0.143. The third kappa shape index (κ3) is 3.23. The standard InChI is InChI=1S/C21H19ClN4O2/c1-13-4-6-15(11-16(13)22)24-21-20(25-19-12-23-8-9-26(19)21)14-5-7-17(27-2)18(10-14)28-3/h4-12,24H,1-3H3. The van der Waals surface area contributed by atoms with Crippen molar-refractivity contribution < 1.29 is 9.47 Å². The Hall–Kier alpha value is -3.25. The van der Waals surface area contributed by atoms with Crippen molar-refractivity contribution in [3.63, 3.8) is 0 Å². The van der Waals surface area contributed by atoms with Crippen molar-refractivity contribution in [1.29, 1.82) is 0 Å². The number of fused-ring (bicyclic) bond motifs is 1. The summed E-state index contributed by atoms with van der Waals surface area (Å²) >= 11 is 6.30. The molecule has 1 N–H and O–H groups in total. The van der Waals surface area contributed by atoms with Gasteiger partial charge < -0.3 is 14.8 Å². The van der Waals surface area contributed by atoms with Gasteiger partial charge in [0.1, 0.15) is 11.5 Å². The summed E-state index contributed by atoms with van der Waals surface area (Å²) in [5.41, 5.74) is 4.28. The predicted molar refractivity (Wildman–Crippen MR) is 111 cm³/mol. The fourth-order valence-corrected chi connectivity index (χ4v) is 3.20. The van der Waals surface area contributed by atoms with Crippen LogP contribution in [0.15, 0.2) is 55.0 Å². The minimum atomic E-state index is 0.638. The maximum absolute atomic E-state index is 6.30. The highest BCUT2D eigenvalue weighted by Crippen LogP contribution is 2.36.